The highest BCUT2D eigenvalue weighted by Gasteiger charge is 2.52. The smallest absolute Gasteiger partial charge is 0.0251 e. The van der Waals surface area contributed by atoms with Crippen molar-refractivity contribution in [3.05, 3.63) is 41.5 Å². The molecule has 2 fully saturated rings. The van der Waals surface area contributed by atoms with Gasteiger partial charge in [0, 0.05) is 5.54 Å². The van der Waals surface area contributed by atoms with E-state index in [1.807, 2.05) is 0 Å². The standard InChI is InChI=1S/C20H30N2.2ClH/c1-3-20(22-15-18-9-11-21-12-10-18)14-19(20)16(2)13-17-7-5-4-6-8-17;;/h4-8,13,18-19,21-22H,3,9-12,14-15H2,1-2H3;2*1H/b16-13+;;. The van der Waals surface area contributed by atoms with Gasteiger partial charge in [0.1, 0.15) is 0 Å². The molecule has 1 heterocycles. The zero-order valence-electron chi connectivity index (χ0n) is 14.9. The molecule has 0 spiro atoms. The van der Waals surface area contributed by atoms with Crippen molar-refractivity contribution in [3.8, 4) is 0 Å². The second-order valence-corrected chi connectivity index (χ2v) is 7.14. The van der Waals surface area contributed by atoms with E-state index in [4.69, 9.17) is 0 Å². The summed E-state index contributed by atoms with van der Waals surface area (Å²) in [5, 5.41) is 7.40. The Kier molecular flexibility index (Phi) is 8.80. The van der Waals surface area contributed by atoms with Crippen LogP contribution in [0.1, 0.15) is 45.1 Å². The molecule has 24 heavy (non-hydrogen) atoms. The third-order valence-electron chi connectivity index (χ3n) is 5.65. The SMILES string of the molecule is CCC1(NCC2CCNCC2)CC1/C(C)=C/c1ccccc1.Cl.Cl. The van der Waals surface area contributed by atoms with E-state index < -0.39 is 0 Å². The lowest BCUT2D eigenvalue weighted by Gasteiger charge is -2.26. The Bertz CT molecular complexity index is 512. The van der Waals surface area contributed by atoms with Crippen molar-refractivity contribution < 1.29 is 0 Å². The topological polar surface area (TPSA) is 24.1 Å². The molecule has 2 nitrogen and oxygen atoms in total. The van der Waals surface area contributed by atoms with Crippen molar-refractivity contribution in [1.29, 1.82) is 0 Å². The Hall–Kier alpha value is -0.540. The molecular weight excluding hydrogens is 339 g/mol. The zero-order valence-corrected chi connectivity index (χ0v) is 16.5. The summed E-state index contributed by atoms with van der Waals surface area (Å²) in [7, 11) is 0. The average molecular weight is 371 g/mol. The first-order chi connectivity index (χ1) is 10.7. The van der Waals surface area contributed by atoms with Crippen molar-refractivity contribution in [2.75, 3.05) is 19.6 Å². The molecule has 0 bridgehead atoms. The van der Waals surface area contributed by atoms with E-state index in [1.165, 1.54) is 56.5 Å². The summed E-state index contributed by atoms with van der Waals surface area (Å²) in [6.07, 6.45) is 7.58. The second kappa shape index (κ2) is 9.82. The second-order valence-electron chi connectivity index (χ2n) is 7.14. The van der Waals surface area contributed by atoms with Crippen LogP contribution in [0.15, 0.2) is 35.9 Å². The fourth-order valence-electron chi connectivity index (χ4n) is 3.96. The molecule has 1 aromatic carbocycles. The molecule has 0 radical (unpaired) electrons. The minimum atomic E-state index is 0. The monoisotopic (exact) mass is 370 g/mol. The van der Waals surface area contributed by atoms with Crippen LogP contribution in [0, 0.1) is 11.8 Å². The molecule has 0 aromatic heterocycles. The van der Waals surface area contributed by atoms with Gasteiger partial charge in [-0.25, -0.2) is 0 Å². The molecule has 0 amide bonds. The third kappa shape index (κ3) is 5.23. The van der Waals surface area contributed by atoms with E-state index in [0.29, 0.717) is 5.54 Å². The zero-order chi connectivity index (χ0) is 15.4. The highest BCUT2D eigenvalue weighted by Crippen LogP contribution is 2.51. The number of benzene rings is 1. The number of hydrogen-bond acceptors (Lipinski definition) is 2. The van der Waals surface area contributed by atoms with Crippen LogP contribution >= 0.6 is 24.8 Å². The van der Waals surface area contributed by atoms with Gasteiger partial charge in [-0.05, 0) is 69.6 Å². The lowest BCUT2D eigenvalue weighted by atomic mass is 9.96. The average Bonchev–Trinajstić information content (AvgIpc) is 3.30. The van der Waals surface area contributed by atoms with Gasteiger partial charge in [0.15, 0.2) is 0 Å². The quantitative estimate of drug-likeness (QED) is 0.758. The summed E-state index contributed by atoms with van der Waals surface area (Å²) in [5.41, 5.74) is 3.24. The third-order valence-corrected chi connectivity index (χ3v) is 5.65. The maximum Gasteiger partial charge on any atom is 0.0251 e. The predicted octanol–water partition coefficient (Wildman–Crippen LogP) is 4.69. The van der Waals surface area contributed by atoms with Gasteiger partial charge in [-0.3, -0.25) is 0 Å². The van der Waals surface area contributed by atoms with Crippen LogP contribution in [0.25, 0.3) is 6.08 Å². The van der Waals surface area contributed by atoms with Gasteiger partial charge in [-0.1, -0.05) is 48.9 Å². The van der Waals surface area contributed by atoms with Crippen molar-refractivity contribution in [2.45, 2.75) is 45.1 Å². The lowest BCUT2D eigenvalue weighted by molar-refractivity contribution is 0.325. The molecule has 3 rings (SSSR count). The summed E-state index contributed by atoms with van der Waals surface area (Å²) in [6, 6.07) is 10.7. The number of hydrogen-bond donors (Lipinski definition) is 2. The molecule has 1 aliphatic heterocycles. The van der Waals surface area contributed by atoms with E-state index in [-0.39, 0.29) is 24.8 Å². The van der Waals surface area contributed by atoms with Gasteiger partial charge in [0.2, 0.25) is 0 Å². The summed E-state index contributed by atoms with van der Waals surface area (Å²) in [6.45, 7) is 8.24. The molecule has 1 aromatic rings. The number of halogens is 2. The van der Waals surface area contributed by atoms with Gasteiger partial charge in [-0.15, -0.1) is 24.8 Å². The molecule has 1 saturated heterocycles. The molecular formula is C20H32Cl2N2. The van der Waals surface area contributed by atoms with Gasteiger partial charge < -0.3 is 10.6 Å². The Balaban J connectivity index is 0.00000144. The Morgan fingerprint density at radius 1 is 1.21 bits per heavy atom. The molecule has 2 aliphatic rings. The first kappa shape index (κ1) is 21.5. The van der Waals surface area contributed by atoms with E-state index in [2.05, 4.69) is 60.9 Å². The first-order valence-electron chi connectivity index (χ1n) is 8.92. The molecule has 2 atom stereocenters. The molecule has 2 N–H and O–H groups in total. The predicted molar refractivity (Wildman–Crippen MR) is 109 cm³/mol. The molecule has 1 saturated carbocycles. The summed E-state index contributed by atoms with van der Waals surface area (Å²) in [4.78, 5) is 0. The van der Waals surface area contributed by atoms with Crippen LogP contribution in [0.2, 0.25) is 0 Å². The van der Waals surface area contributed by atoms with Crippen molar-refractivity contribution in [3.63, 3.8) is 0 Å². The Labute approximate surface area is 159 Å². The lowest BCUT2D eigenvalue weighted by Crippen LogP contribution is -2.40. The fourth-order valence-corrected chi connectivity index (χ4v) is 3.96. The largest absolute Gasteiger partial charge is 0.317 e. The van der Waals surface area contributed by atoms with Crippen molar-refractivity contribution in [1.82, 2.24) is 10.6 Å². The first-order valence-corrected chi connectivity index (χ1v) is 8.92. The van der Waals surface area contributed by atoms with E-state index in [0.717, 1.165) is 11.8 Å². The van der Waals surface area contributed by atoms with E-state index in [1.54, 1.807) is 0 Å². The van der Waals surface area contributed by atoms with Gasteiger partial charge in [-0.2, -0.15) is 0 Å². The van der Waals surface area contributed by atoms with Gasteiger partial charge in [0.25, 0.3) is 0 Å². The Morgan fingerprint density at radius 3 is 2.50 bits per heavy atom. The van der Waals surface area contributed by atoms with Crippen LogP contribution < -0.4 is 10.6 Å². The van der Waals surface area contributed by atoms with Gasteiger partial charge >= 0.3 is 0 Å². The summed E-state index contributed by atoms with van der Waals surface area (Å²) < 4.78 is 0. The number of nitrogens with one attached hydrogen (secondary N) is 2. The van der Waals surface area contributed by atoms with Gasteiger partial charge in [0.05, 0.1) is 0 Å². The molecule has 4 heteroatoms. The minimum Gasteiger partial charge on any atom is -0.317 e. The van der Waals surface area contributed by atoms with Crippen LogP contribution in [-0.4, -0.2) is 25.2 Å². The highest BCUT2D eigenvalue weighted by molar-refractivity contribution is 5.85. The maximum absolute atomic E-state index is 3.94. The number of rotatable bonds is 6. The Morgan fingerprint density at radius 2 is 1.88 bits per heavy atom. The number of piperidine rings is 1. The summed E-state index contributed by atoms with van der Waals surface area (Å²) in [5.74, 6) is 1.59. The fraction of sp³-hybridized carbons (Fsp3) is 0.600. The van der Waals surface area contributed by atoms with Crippen LogP contribution in [0.5, 0.6) is 0 Å². The van der Waals surface area contributed by atoms with Crippen LogP contribution in [0.4, 0.5) is 0 Å². The molecule has 1 aliphatic carbocycles. The highest BCUT2D eigenvalue weighted by atomic mass is 35.5. The maximum atomic E-state index is 3.94. The van der Waals surface area contributed by atoms with E-state index in [9.17, 15) is 0 Å². The van der Waals surface area contributed by atoms with Crippen LogP contribution in [-0.2, 0) is 0 Å². The molecule has 2 unspecified atom stereocenters. The van der Waals surface area contributed by atoms with Crippen LogP contribution in [0.3, 0.4) is 0 Å². The summed E-state index contributed by atoms with van der Waals surface area (Å²) >= 11 is 0. The molecule has 136 valence electrons. The minimum absolute atomic E-state index is 0. The van der Waals surface area contributed by atoms with Crippen molar-refractivity contribution in [2.24, 2.45) is 11.8 Å². The van der Waals surface area contributed by atoms with Crippen molar-refractivity contribution >= 4 is 30.9 Å². The normalized spacial score (nSPS) is 27.1. The van der Waals surface area contributed by atoms with E-state index >= 15 is 0 Å².